The first kappa shape index (κ1) is 20.7. The molecule has 0 aliphatic heterocycles. The first-order chi connectivity index (χ1) is 15.5. The lowest BCUT2D eigenvalue weighted by Crippen LogP contribution is -2.52. The Morgan fingerprint density at radius 3 is 2.66 bits per heavy atom. The van der Waals surface area contributed by atoms with Crippen LogP contribution in [0.5, 0.6) is 0 Å². The van der Waals surface area contributed by atoms with E-state index in [0.29, 0.717) is 10.7 Å². The second kappa shape index (κ2) is 8.41. The van der Waals surface area contributed by atoms with Crippen LogP contribution in [0, 0.1) is 6.92 Å². The van der Waals surface area contributed by atoms with E-state index in [1.807, 2.05) is 60.8 Å². The van der Waals surface area contributed by atoms with Gasteiger partial charge in [0, 0.05) is 39.1 Å². The molecule has 0 saturated heterocycles. The molecule has 1 aliphatic carbocycles. The van der Waals surface area contributed by atoms with E-state index >= 15 is 0 Å². The van der Waals surface area contributed by atoms with Crippen molar-refractivity contribution in [3.05, 3.63) is 76.6 Å². The predicted molar refractivity (Wildman–Crippen MR) is 129 cm³/mol. The Kier molecular flexibility index (Phi) is 5.45. The molecule has 6 nitrogen and oxygen atoms in total. The average molecular weight is 464 g/mol. The number of aromatic amines is 1. The van der Waals surface area contributed by atoms with Crippen molar-refractivity contribution in [2.24, 2.45) is 0 Å². The maximum Gasteiger partial charge on any atom is 0.320 e. The lowest BCUT2D eigenvalue weighted by Gasteiger charge is -2.40. The summed E-state index contributed by atoms with van der Waals surface area (Å²) >= 11 is 7.55. The summed E-state index contributed by atoms with van der Waals surface area (Å²) in [5.41, 5.74) is 4.16. The number of hydrogen-bond donors (Lipinski definition) is 3. The van der Waals surface area contributed by atoms with Crippen molar-refractivity contribution < 1.29 is 4.79 Å². The second-order valence-electron chi connectivity index (χ2n) is 8.06. The van der Waals surface area contributed by atoms with Gasteiger partial charge in [0.25, 0.3) is 0 Å². The summed E-state index contributed by atoms with van der Waals surface area (Å²) in [5, 5.41) is 9.71. The van der Waals surface area contributed by atoms with Gasteiger partial charge in [-0.1, -0.05) is 35.9 Å². The molecule has 162 valence electrons. The molecular formula is C24H22ClN5OS. The van der Waals surface area contributed by atoms with E-state index in [9.17, 15) is 4.79 Å². The monoisotopic (exact) mass is 463 g/mol. The number of halogens is 1. The number of thiazole rings is 1. The molecule has 0 spiro atoms. The van der Waals surface area contributed by atoms with Gasteiger partial charge in [-0.05, 0) is 50.5 Å². The van der Waals surface area contributed by atoms with Crippen molar-refractivity contribution in [1.82, 2.24) is 20.3 Å². The first-order valence-corrected chi connectivity index (χ1v) is 11.7. The maximum absolute atomic E-state index is 12.8. The lowest BCUT2D eigenvalue weighted by molar-refractivity contribution is 0.176. The van der Waals surface area contributed by atoms with Crippen molar-refractivity contribution in [3.63, 3.8) is 0 Å². The van der Waals surface area contributed by atoms with Crippen molar-refractivity contribution in [1.29, 1.82) is 0 Å². The number of imidazole rings is 1. The van der Waals surface area contributed by atoms with Crippen LogP contribution < -0.4 is 10.6 Å². The highest BCUT2D eigenvalue weighted by Crippen LogP contribution is 2.40. The SMILES string of the molecule is Cc1cnc(C2(NC(=O)Nc3cccc(-c4nc(-c5ccc(Cl)cc5)cs4)c3)CCC2)[nH]1. The Morgan fingerprint density at radius 2 is 1.97 bits per heavy atom. The molecule has 1 fully saturated rings. The molecule has 0 unspecified atom stereocenters. The van der Waals surface area contributed by atoms with E-state index in [2.05, 4.69) is 20.6 Å². The van der Waals surface area contributed by atoms with E-state index in [0.717, 1.165) is 52.6 Å². The van der Waals surface area contributed by atoms with E-state index < -0.39 is 5.54 Å². The third-order valence-corrected chi connectivity index (χ3v) is 6.87. The number of benzene rings is 2. The first-order valence-electron chi connectivity index (χ1n) is 10.4. The van der Waals surface area contributed by atoms with Gasteiger partial charge in [0.15, 0.2) is 0 Å². The quantitative estimate of drug-likeness (QED) is 0.322. The molecule has 0 radical (unpaired) electrons. The van der Waals surface area contributed by atoms with Crippen LogP contribution in [0.1, 0.15) is 30.8 Å². The molecule has 32 heavy (non-hydrogen) atoms. The topological polar surface area (TPSA) is 82.7 Å². The number of carbonyl (C=O) groups excluding carboxylic acids is 1. The van der Waals surface area contributed by atoms with Gasteiger partial charge in [-0.3, -0.25) is 0 Å². The Morgan fingerprint density at radius 1 is 1.16 bits per heavy atom. The summed E-state index contributed by atoms with van der Waals surface area (Å²) in [5.74, 6) is 0.822. The molecule has 1 saturated carbocycles. The second-order valence-corrected chi connectivity index (χ2v) is 9.35. The number of H-pyrrole nitrogens is 1. The third-order valence-electron chi connectivity index (χ3n) is 5.73. The van der Waals surface area contributed by atoms with Gasteiger partial charge in [-0.25, -0.2) is 14.8 Å². The number of nitrogens with zero attached hydrogens (tertiary/aromatic N) is 2. The summed E-state index contributed by atoms with van der Waals surface area (Å²) in [7, 11) is 0. The van der Waals surface area contributed by atoms with E-state index in [4.69, 9.17) is 16.6 Å². The van der Waals surface area contributed by atoms with E-state index in [-0.39, 0.29) is 6.03 Å². The number of hydrogen-bond acceptors (Lipinski definition) is 4. The zero-order valence-electron chi connectivity index (χ0n) is 17.5. The normalized spacial score (nSPS) is 14.6. The summed E-state index contributed by atoms with van der Waals surface area (Å²) < 4.78 is 0. The van der Waals surface area contributed by atoms with Gasteiger partial charge >= 0.3 is 6.03 Å². The van der Waals surface area contributed by atoms with Gasteiger partial charge in [0.05, 0.1) is 11.2 Å². The number of aromatic nitrogens is 3. The number of carbonyl (C=O) groups is 1. The number of urea groups is 1. The number of rotatable bonds is 5. The van der Waals surface area contributed by atoms with Crippen LogP contribution in [-0.2, 0) is 5.54 Å². The number of nitrogens with one attached hydrogen (secondary N) is 3. The molecule has 2 aromatic heterocycles. The molecule has 4 aromatic rings. The smallest absolute Gasteiger partial charge is 0.320 e. The Bertz CT molecular complexity index is 1260. The molecule has 0 bridgehead atoms. The van der Waals surface area contributed by atoms with Crippen molar-refractivity contribution >= 4 is 34.7 Å². The largest absolute Gasteiger partial charge is 0.344 e. The highest BCUT2D eigenvalue weighted by molar-refractivity contribution is 7.13. The molecule has 8 heteroatoms. The molecule has 3 N–H and O–H groups in total. The van der Waals surface area contributed by atoms with E-state index in [1.165, 1.54) is 0 Å². The summed E-state index contributed by atoms with van der Waals surface area (Å²) in [6.45, 7) is 1.96. The Hall–Kier alpha value is -3.16. The molecule has 2 amide bonds. The Labute approximate surface area is 195 Å². The highest BCUT2D eigenvalue weighted by Gasteiger charge is 2.42. The predicted octanol–water partition coefficient (Wildman–Crippen LogP) is 6.36. The summed E-state index contributed by atoms with van der Waals surface area (Å²) in [6, 6.07) is 15.1. The van der Waals surface area contributed by atoms with Gasteiger partial charge in [0.2, 0.25) is 0 Å². The van der Waals surface area contributed by atoms with Crippen LogP contribution in [-0.4, -0.2) is 21.0 Å². The van der Waals surface area contributed by atoms with Crippen LogP contribution in [0.2, 0.25) is 5.02 Å². The average Bonchev–Trinajstić information content (AvgIpc) is 3.41. The van der Waals surface area contributed by atoms with Crippen molar-refractivity contribution in [2.75, 3.05) is 5.32 Å². The zero-order chi connectivity index (χ0) is 22.1. The molecular weight excluding hydrogens is 442 g/mol. The fraction of sp³-hybridized carbons (Fsp3) is 0.208. The number of anilines is 1. The van der Waals surface area contributed by atoms with Crippen molar-refractivity contribution in [3.8, 4) is 21.8 Å². The van der Waals surface area contributed by atoms with Crippen LogP contribution >= 0.6 is 22.9 Å². The fourth-order valence-corrected chi connectivity index (χ4v) is 4.83. The summed E-state index contributed by atoms with van der Waals surface area (Å²) in [6.07, 6.45) is 4.61. The molecule has 2 heterocycles. The van der Waals surface area contributed by atoms with Gasteiger partial charge in [0.1, 0.15) is 10.8 Å². The molecule has 2 aromatic carbocycles. The van der Waals surface area contributed by atoms with E-state index in [1.54, 1.807) is 17.5 Å². The van der Waals surface area contributed by atoms with Crippen LogP contribution in [0.25, 0.3) is 21.8 Å². The van der Waals surface area contributed by atoms with Crippen LogP contribution in [0.4, 0.5) is 10.5 Å². The summed E-state index contributed by atoms with van der Waals surface area (Å²) in [4.78, 5) is 25.3. The standard InChI is InChI=1S/C24H22ClN5OS/c1-15-13-26-22(27-15)24(10-3-11-24)30-23(31)28-19-5-2-4-17(12-19)21-29-20(14-32-21)16-6-8-18(25)9-7-16/h2,4-9,12-14H,3,10-11H2,1H3,(H,26,27)(H2,28,30,31). The number of aryl methyl sites for hydroxylation is 1. The Balaban J connectivity index is 1.30. The molecule has 1 aliphatic rings. The minimum Gasteiger partial charge on any atom is -0.344 e. The van der Waals surface area contributed by atoms with Crippen LogP contribution in [0.3, 0.4) is 0 Å². The minimum absolute atomic E-state index is 0.239. The highest BCUT2D eigenvalue weighted by atomic mass is 35.5. The van der Waals surface area contributed by atoms with Gasteiger partial charge in [-0.15, -0.1) is 11.3 Å². The van der Waals surface area contributed by atoms with Crippen molar-refractivity contribution in [2.45, 2.75) is 31.7 Å². The van der Waals surface area contributed by atoms with Crippen LogP contribution in [0.15, 0.2) is 60.1 Å². The van der Waals surface area contributed by atoms with Gasteiger partial charge < -0.3 is 15.6 Å². The minimum atomic E-state index is -0.418. The zero-order valence-corrected chi connectivity index (χ0v) is 19.1. The molecule has 5 rings (SSSR count). The third kappa shape index (κ3) is 4.13. The number of amides is 2. The maximum atomic E-state index is 12.8. The van der Waals surface area contributed by atoms with Gasteiger partial charge in [-0.2, -0.15) is 0 Å². The lowest BCUT2D eigenvalue weighted by atomic mass is 9.76. The fourth-order valence-electron chi connectivity index (χ4n) is 3.88. The molecule has 0 atom stereocenters.